The Labute approximate surface area is 129 Å². The summed E-state index contributed by atoms with van der Waals surface area (Å²) in [5.41, 5.74) is 6.06. The summed E-state index contributed by atoms with van der Waals surface area (Å²) in [5.74, 6) is 0.299. The molecule has 1 unspecified atom stereocenters. The largest absolute Gasteiger partial charge is 0.330 e. The summed E-state index contributed by atoms with van der Waals surface area (Å²) in [6.07, 6.45) is 4.74. The van der Waals surface area contributed by atoms with Crippen molar-refractivity contribution in [1.82, 2.24) is 0 Å². The van der Waals surface area contributed by atoms with Gasteiger partial charge in [-0.1, -0.05) is 41.8 Å². The van der Waals surface area contributed by atoms with Gasteiger partial charge >= 0.3 is 0 Å². The van der Waals surface area contributed by atoms with Crippen LogP contribution in [0.2, 0.25) is 0 Å². The molecule has 0 fully saturated rings. The fraction of sp³-hybridized carbons (Fsp3) is 0.562. The van der Waals surface area contributed by atoms with E-state index in [-0.39, 0.29) is 18.0 Å². The van der Waals surface area contributed by atoms with Crippen molar-refractivity contribution >= 4 is 21.7 Å². The molecule has 4 heteroatoms. The third-order valence-electron chi connectivity index (χ3n) is 3.51. The van der Waals surface area contributed by atoms with Gasteiger partial charge in [-0.15, -0.1) is 0 Å². The summed E-state index contributed by atoms with van der Waals surface area (Å²) >= 11 is 3.21. The fourth-order valence-corrected chi connectivity index (χ4v) is 2.74. The Morgan fingerprint density at radius 1 is 1.35 bits per heavy atom. The zero-order valence-corrected chi connectivity index (χ0v) is 13.6. The van der Waals surface area contributed by atoms with Gasteiger partial charge in [0.2, 0.25) is 0 Å². The first-order valence-electron chi connectivity index (χ1n) is 7.22. The van der Waals surface area contributed by atoms with E-state index in [0.717, 1.165) is 25.7 Å². The van der Waals surface area contributed by atoms with E-state index in [1.54, 1.807) is 12.1 Å². The Morgan fingerprint density at radius 2 is 2.10 bits per heavy atom. The number of ketones is 1. The van der Waals surface area contributed by atoms with Crippen molar-refractivity contribution in [3.63, 3.8) is 0 Å². The van der Waals surface area contributed by atoms with E-state index in [9.17, 15) is 9.18 Å². The molecular weight excluding hydrogens is 321 g/mol. The zero-order valence-electron chi connectivity index (χ0n) is 12.0. The first-order chi connectivity index (χ1) is 9.56. The minimum Gasteiger partial charge on any atom is -0.330 e. The molecule has 0 spiro atoms. The average Bonchev–Trinajstić information content (AvgIpc) is 2.40. The highest BCUT2D eigenvalue weighted by molar-refractivity contribution is 9.10. The van der Waals surface area contributed by atoms with Gasteiger partial charge in [-0.25, -0.2) is 4.39 Å². The molecule has 0 amide bonds. The van der Waals surface area contributed by atoms with Gasteiger partial charge in [0.1, 0.15) is 11.6 Å². The number of hydrogen-bond donors (Lipinski definition) is 1. The number of rotatable bonds is 9. The van der Waals surface area contributed by atoms with Gasteiger partial charge in [-0.2, -0.15) is 0 Å². The summed E-state index contributed by atoms with van der Waals surface area (Å²) in [5, 5.41) is 0. The third kappa shape index (κ3) is 6.14. The van der Waals surface area contributed by atoms with Crippen LogP contribution in [0.3, 0.4) is 0 Å². The molecule has 1 rings (SSSR count). The Bertz CT molecular complexity index is 430. The van der Waals surface area contributed by atoms with Crippen LogP contribution in [0.25, 0.3) is 0 Å². The van der Waals surface area contributed by atoms with Gasteiger partial charge in [0.25, 0.3) is 0 Å². The number of nitrogens with two attached hydrogens (primary N) is 1. The van der Waals surface area contributed by atoms with Crippen molar-refractivity contribution in [2.75, 3.05) is 6.54 Å². The number of benzene rings is 1. The van der Waals surface area contributed by atoms with Crippen molar-refractivity contribution in [3.05, 3.63) is 34.1 Å². The molecular formula is C16H23BrFNO. The van der Waals surface area contributed by atoms with E-state index < -0.39 is 0 Å². The molecule has 0 aromatic heterocycles. The molecule has 0 aliphatic heterocycles. The first-order valence-corrected chi connectivity index (χ1v) is 8.01. The molecule has 1 aromatic rings. The lowest BCUT2D eigenvalue weighted by atomic mass is 9.92. The second kappa shape index (κ2) is 9.24. The van der Waals surface area contributed by atoms with Crippen LogP contribution in [0.15, 0.2) is 22.7 Å². The van der Waals surface area contributed by atoms with Crippen LogP contribution < -0.4 is 5.73 Å². The van der Waals surface area contributed by atoms with E-state index in [2.05, 4.69) is 22.9 Å². The molecule has 0 saturated heterocycles. The van der Waals surface area contributed by atoms with Gasteiger partial charge < -0.3 is 5.73 Å². The van der Waals surface area contributed by atoms with Crippen LogP contribution in [0.1, 0.15) is 44.6 Å². The Kier molecular flexibility index (Phi) is 8.00. The van der Waals surface area contributed by atoms with Crippen LogP contribution in [0.4, 0.5) is 4.39 Å². The Morgan fingerprint density at radius 3 is 2.70 bits per heavy atom. The quantitative estimate of drug-likeness (QED) is 0.728. The van der Waals surface area contributed by atoms with Crippen molar-refractivity contribution in [2.45, 2.75) is 45.4 Å². The lowest BCUT2D eigenvalue weighted by molar-refractivity contribution is -0.118. The number of carbonyl (C=O) groups is 1. The molecule has 0 saturated carbocycles. The molecule has 1 atom stereocenters. The molecule has 0 bridgehead atoms. The van der Waals surface area contributed by atoms with Crippen molar-refractivity contribution in [2.24, 2.45) is 11.7 Å². The smallest absolute Gasteiger partial charge is 0.137 e. The van der Waals surface area contributed by atoms with Crippen molar-refractivity contribution in [3.8, 4) is 0 Å². The number of Topliss-reactive ketones (excluding diaryl/α,β-unsaturated/α-hetero) is 1. The minimum absolute atomic E-state index is 0.101. The minimum atomic E-state index is -0.320. The van der Waals surface area contributed by atoms with Crippen LogP contribution in [0, 0.1) is 11.7 Å². The predicted octanol–water partition coefficient (Wildman–Crippen LogP) is 4.25. The number of halogens is 2. The third-order valence-corrected chi connectivity index (χ3v) is 4.00. The highest BCUT2D eigenvalue weighted by atomic mass is 79.9. The van der Waals surface area contributed by atoms with Gasteiger partial charge in [-0.3, -0.25) is 4.79 Å². The second-order valence-electron chi connectivity index (χ2n) is 5.22. The molecule has 2 N–H and O–H groups in total. The highest BCUT2D eigenvalue weighted by Gasteiger charge is 2.12. The van der Waals surface area contributed by atoms with Crippen LogP contribution >= 0.6 is 15.9 Å². The molecule has 20 heavy (non-hydrogen) atoms. The standard InChI is InChI=1S/C16H23BrFNO/c1-2-3-12(8-9-19)4-7-15(20)10-13-5-6-14(17)11-16(13)18/h5-6,11-12H,2-4,7-10,19H2,1H3. The lowest BCUT2D eigenvalue weighted by Gasteiger charge is -2.14. The van der Waals surface area contributed by atoms with Crippen LogP contribution in [-0.2, 0) is 11.2 Å². The van der Waals surface area contributed by atoms with Crippen LogP contribution in [0.5, 0.6) is 0 Å². The Balaban J connectivity index is 2.46. The monoisotopic (exact) mass is 343 g/mol. The van der Waals surface area contributed by atoms with E-state index in [4.69, 9.17) is 5.73 Å². The molecule has 0 aliphatic rings. The SMILES string of the molecule is CCCC(CCN)CCC(=O)Cc1ccc(Br)cc1F. The lowest BCUT2D eigenvalue weighted by Crippen LogP contribution is -2.12. The average molecular weight is 344 g/mol. The van der Waals surface area contributed by atoms with E-state index in [1.807, 2.05) is 0 Å². The fourth-order valence-electron chi connectivity index (χ4n) is 2.41. The molecule has 1 aromatic carbocycles. The molecule has 0 heterocycles. The highest BCUT2D eigenvalue weighted by Crippen LogP contribution is 2.19. The number of carbonyl (C=O) groups excluding carboxylic acids is 1. The van der Waals surface area contributed by atoms with Crippen molar-refractivity contribution in [1.29, 1.82) is 0 Å². The summed E-state index contributed by atoms with van der Waals surface area (Å²) in [6.45, 7) is 2.81. The summed E-state index contributed by atoms with van der Waals surface area (Å²) in [7, 11) is 0. The maximum atomic E-state index is 13.7. The van der Waals surface area contributed by atoms with Gasteiger partial charge in [0.05, 0.1) is 0 Å². The second-order valence-corrected chi connectivity index (χ2v) is 6.14. The van der Waals surface area contributed by atoms with E-state index >= 15 is 0 Å². The summed E-state index contributed by atoms with van der Waals surface area (Å²) in [4.78, 5) is 12.0. The summed E-state index contributed by atoms with van der Waals surface area (Å²) < 4.78 is 14.3. The summed E-state index contributed by atoms with van der Waals surface area (Å²) in [6, 6.07) is 4.83. The normalized spacial score (nSPS) is 12.4. The molecule has 0 aliphatic carbocycles. The van der Waals surface area contributed by atoms with Gasteiger partial charge in [-0.05, 0) is 43.0 Å². The first kappa shape index (κ1) is 17.3. The van der Waals surface area contributed by atoms with Crippen LogP contribution in [-0.4, -0.2) is 12.3 Å². The maximum absolute atomic E-state index is 13.7. The van der Waals surface area contributed by atoms with Gasteiger partial charge in [0, 0.05) is 17.3 Å². The topological polar surface area (TPSA) is 43.1 Å². The van der Waals surface area contributed by atoms with E-state index in [1.165, 1.54) is 6.07 Å². The number of hydrogen-bond acceptors (Lipinski definition) is 2. The maximum Gasteiger partial charge on any atom is 0.137 e. The van der Waals surface area contributed by atoms with E-state index in [0.29, 0.717) is 28.9 Å². The molecule has 112 valence electrons. The van der Waals surface area contributed by atoms with Gasteiger partial charge in [0.15, 0.2) is 0 Å². The predicted molar refractivity (Wildman–Crippen MR) is 84.1 cm³/mol. The van der Waals surface area contributed by atoms with Crippen molar-refractivity contribution < 1.29 is 9.18 Å². The zero-order chi connectivity index (χ0) is 15.0. The molecule has 0 radical (unpaired) electrons. The Hall–Kier alpha value is -0.740. The molecule has 2 nitrogen and oxygen atoms in total.